The number of ether oxygens (including phenoxy) is 1. The van der Waals surface area contributed by atoms with Crippen LogP contribution in [-0.2, 0) is 9.53 Å². The molecule has 2 rings (SSSR count). The maximum atomic E-state index is 11.9. The van der Waals surface area contributed by atoms with Crippen LogP contribution in [0, 0.1) is 5.92 Å². The summed E-state index contributed by atoms with van der Waals surface area (Å²) in [5.41, 5.74) is 0.794. The fourth-order valence-electron chi connectivity index (χ4n) is 1.81. The van der Waals surface area contributed by atoms with Crippen LogP contribution in [0.5, 0.6) is 0 Å². The Morgan fingerprint density at radius 1 is 1.56 bits per heavy atom. The molecule has 0 bridgehead atoms. The second kappa shape index (κ2) is 4.97. The monoisotopic (exact) mass is 283 g/mol. The average molecular weight is 284 g/mol. The number of halogens is 1. The van der Waals surface area contributed by atoms with E-state index in [1.165, 1.54) is 0 Å². The van der Waals surface area contributed by atoms with Gasteiger partial charge in [-0.1, -0.05) is 28.9 Å². The van der Waals surface area contributed by atoms with Crippen LogP contribution in [0.4, 0.5) is 5.69 Å². The molecule has 1 fully saturated rings. The largest absolute Gasteiger partial charge is 0.368 e. The molecule has 1 saturated heterocycles. The Labute approximate surface area is 103 Å². The quantitative estimate of drug-likeness (QED) is 0.907. The summed E-state index contributed by atoms with van der Waals surface area (Å²) in [7, 11) is 0. The Balaban J connectivity index is 2.02. The molecular formula is C12H14BrNO2. The molecule has 1 aliphatic heterocycles. The van der Waals surface area contributed by atoms with Gasteiger partial charge in [-0.05, 0) is 30.5 Å². The molecule has 3 nitrogen and oxygen atoms in total. The molecule has 0 aromatic heterocycles. The minimum Gasteiger partial charge on any atom is -0.368 e. The Hall–Kier alpha value is -0.870. The van der Waals surface area contributed by atoms with E-state index in [4.69, 9.17) is 4.74 Å². The summed E-state index contributed by atoms with van der Waals surface area (Å²) in [5.74, 6) is 0.246. The number of anilines is 1. The minimum absolute atomic E-state index is 0.0527. The summed E-state index contributed by atoms with van der Waals surface area (Å²) in [5, 5.41) is 2.86. The Morgan fingerprint density at radius 3 is 3.00 bits per heavy atom. The normalized spacial score (nSPS) is 24.4. The van der Waals surface area contributed by atoms with Gasteiger partial charge in [0.1, 0.15) is 6.10 Å². The van der Waals surface area contributed by atoms with E-state index in [2.05, 4.69) is 21.2 Å². The molecule has 0 spiro atoms. The van der Waals surface area contributed by atoms with E-state index in [0.717, 1.165) is 16.6 Å². The van der Waals surface area contributed by atoms with Crippen LogP contribution in [0.3, 0.4) is 0 Å². The van der Waals surface area contributed by atoms with Crippen molar-refractivity contribution in [1.82, 2.24) is 0 Å². The van der Waals surface area contributed by atoms with Gasteiger partial charge >= 0.3 is 0 Å². The summed E-state index contributed by atoms with van der Waals surface area (Å²) in [4.78, 5) is 11.9. The van der Waals surface area contributed by atoms with Crippen LogP contribution in [0.1, 0.15) is 13.3 Å². The number of rotatable bonds is 2. The van der Waals surface area contributed by atoms with E-state index in [9.17, 15) is 4.79 Å². The molecule has 1 aromatic rings. The van der Waals surface area contributed by atoms with Crippen molar-refractivity contribution in [2.45, 2.75) is 19.4 Å². The minimum atomic E-state index is -0.306. The third-order valence-corrected chi connectivity index (χ3v) is 3.23. The lowest BCUT2D eigenvalue weighted by molar-refractivity contribution is -0.126. The molecule has 1 aromatic carbocycles. The Bertz CT molecular complexity index is 394. The first-order valence-electron chi connectivity index (χ1n) is 5.35. The Kier molecular flexibility index (Phi) is 3.61. The molecule has 1 heterocycles. The number of hydrogen-bond donors (Lipinski definition) is 1. The van der Waals surface area contributed by atoms with E-state index in [1.54, 1.807) is 0 Å². The SMILES string of the molecule is CC1CCOC1C(=O)Nc1cccc(Br)c1. The van der Waals surface area contributed by atoms with Gasteiger partial charge in [0.15, 0.2) is 0 Å². The lowest BCUT2D eigenvalue weighted by Gasteiger charge is -2.14. The molecule has 2 atom stereocenters. The summed E-state index contributed by atoms with van der Waals surface area (Å²) in [6, 6.07) is 7.54. The zero-order valence-electron chi connectivity index (χ0n) is 9.07. The smallest absolute Gasteiger partial charge is 0.253 e. The second-order valence-corrected chi connectivity index (χ2v) is 4.97. The molecule has 0 saturated carbocycles. The fourth-order valence-corrected chi connectivity index (χ4v) is 2.21. The van der Waals surface area contributed by atoms with Gasteiger partial charge in [0, 0.05) is 16.8 Å². The van der Waals surface area contributed by atoms with E-state index in [1.807, 2.05) is 31.2 Å². The molecule has 1 aliphatic rings. The van der Waals surface area contributed by atoms with Crippen molar-refractivity contribution < 1.29 is 9.53 Å². The van der Waals surface area contributed by atoms with Crippen molar-refractivity contribution in [2.75, 3.05) is 11.9 Å². The zero-order valence-corrected chi connectivity index (χ0v) is 10.7. The predicted octanol–water partition coefficient (Wildman–Crippen LogP) is 2.81. The van der Waals surface area contributed by atoms with Crippen molar-refractivity contribution in [3.8, 4) is 0 Å². The number of nitrogens with one attached hydrogen (secondary N) is 1. The number of carbonyl (C=O) groups excluding carboxylic acids is 1. The molecule has 86 valence electrons. The third kappa shape index (κ3) is 2.62. The van der Waals surface area contributed by atoms with E-state index in [0.29, 0.717) is 12.5 Å². The van der Waals surface area contributed by atoms with Crippen molar-refractivity contribution in [2.24, 2.45) is 5.92 Å². The average Bonchev–Trinajstić information content (AvgIpc) is 2.64. The van der Waals surface area contributed by atoms with Crippen LogP contribution < -0.4 is 5.32 Å². The highest BCUT2D eigenvalue weighted by Crippen LogP contribution is 2.22. The molecular weight excluding hydrogens is 270 g/mol. The molecule has 4 heteroatoms. The molecule has 1 N–H and O–H groups in total. The predicted molar refractivity (Wildman–Crippen MR) is 66.3 cm³/mol. The van der Waals surface area contributed by atoms with Gasteiger partial charge < -0.3 is 10.1 Å². The zero-order chi connectivity index (χ0) is 11.5. The summed E-state index contributed by atoms with van der Waals surface area (Å²) in [6.07, 6.45) is 0.648. The highest BCUT2D eigenvalue weighted by Gasteiger charge is 2.30. The molecule has 0 radical (unpaired) electrons. The first-order chi connectivity index (χ1) is 7.66. The fraction of sp³-hybridized carbons (Fsp3) is 0.417. The lowest BCUT2D eigenvalue weighted by Crippen LogP contribution is -2.31. The molecule has 1 amide bonds. The topological polar surface area (TPSA) is 38.3 Å². The number of benzene rings is 1. The highest BCUT2D eigenvalue weighted by atomic mass is 79.9. The molecule has 0 aliphatic carbocycles. The van der Waals surface area contributed by atoms with Crippen LogP contribution >= 0.6 is 15.9 Å². The van der Waals surface area contributed by atoms with E-state index >= 15 is 0 Å². The van der Waals surface area contributed by atoms with Crippen LogP contribution in [0.25, 0.3) is 0 Å². The first kappa shape index (κ1) is 11.6. The van der Waals surface area contributed by atoms with E-state index < -0.39 is 0 Å². The van der Waals surface area contributed by atoms with Gasteiger partial charge in [-0.25, -0.2) is 0 Å². The summed E-state index contributed by atoms with van der Waals surface area (Å²) >= 11 is 3.36. The number of amides is 1. The van der Waals surface area contributed by atoms with Crippen LogP contribution in [0.15, 0.2) is 28.7 Å². The van der Waals surface area contributed by atoms with Crippen molar-refractivity contribution >= 4 is 27.5 Å². The number of carbonyl (C=O) groups is 1. The number of hydrogen-bond acceptors (Lipinski definition) is 2. The van der Waals surface area contributed by atoms with Gasteiger partial charge in [0.25, 0.3) is 5.91 Å². The van der Waals surface area contributed by atoms with Gasteiger partial charge in [0.05, 0.1) is 0 Å². The summed E-state index contributed by atoms with van der Waals surface area (Å²) < 4.78 is 6.36. The lowest BCUT2D eigenvalue weighted by atomic mass is 10.0. The maximum absolute atomic E-state index is 11.9. The second-order valence-electron chi connectivity index (χ2n) is 4.06. The van der Waals surface area contributed by atoms with Crippen LogP contribution in [-0.4, -0.2) is 18.6 Å². The van der Waals surface area contributed by atoms with Crippen molar-refractivity contribution in [3.05, 3.63) is 28.7 Å². The highest BCUT2D eigenvalue weighted by molar-refractivity contribution is 9.10. The molecule has 16 heavy (non-hydrogen) atoms. The maximum Gasteiger partial charge on any atom is 0.253 e. The summed E-state index contributed by atoms with van der Waals surface area (Å²) in [6.45, 7) is 2.72. The standard InChI is InChI=1S/C12H14BrNO2/c1-8-5-6-16-11(8)12(15)14-10-4-2-3-9(13)7-10/h2-4,7-8,11H,5-6H2,1H3,(H,14,15). The van der Waals surface area contributed by atoms with Crippen molar-refractivity contribution in [3.63, 3.8) is 0 Å². The van der Waals surface area contributed by atoms with Crippen LogP contribution in [0.2, 0.25) is 0 Å². The molecule has 2 unspecified atom stereocenters. The third-order valence-electron chi connectivity index (χ3n) is 2.74. The Morgan fingerprint density at radius 2 is 2.38 bits per heavy atom. The van der Waals surface area contributed by atoms with Gasteiger partial charge in [-0.15, -0.1) is 0 Å². The van der Waals surface area contributed by atoms with Gasteiger partial charge in [0.2, 0.25) is 0 Å². The van der Waals surface area contributed by atoms with Gasteiger partial charge in [-0.2, -0.15) is 0 Å². The van der Waals surface area contributed by atoms with Crippen molar-refractivity contribution in [1.29, 1.82) is 0 Å². The first-order valence-corrected chi connectivity index (χ1v) is 6.14. The van der Waals surface area contributed by atoms with Gasteiger partial charge in [-0.3, -0.25) is 4.79 Å². The van der Waals surface area contributed by atoms with E-state index in [-0.39, 0.29) is 12.0 Å².